The Kier molecular flexibility index (Phi) is 6.36. The lowest BCUT2D eigenvalue weighted by atomic mass is 10.1. The van der Waals surface area contributed by atoms with Crippen molar-refractivity contribution in [2.45, 2.75) is 6.04 Å². The minimum Gasteiger partial charge on any atom is -0.497 e. The van der Waals surface area contributed by atoms with Crippen molar-refractivity contribution in [1.29, 1.82) is 0 Å². The van der Waals surface area contributed by atoms with Crippen molar-refractivity contribution in [2.75, 3.05) is 34.9 Å². The number of amides is 1. The monoisotopic (exact) mass is 346 g/mol. The van der Waals surface area contributed by atoms with E-state index in [4.69, 9.17) is 9.47 Å². The Morgan fingerprint density at radius 1 is 1.08 bits per heavy atom. The Morgan fingerprint density at radius 3 is 2.20 bits per heavy atom. The molecule has 0 radical (unpaired) electrons. The summed E-state index contributed by atoms with van der Waals surface area (Å²) in [4.78, 5) is 14.3. The molecule has 0 aliphatic heterocycles. The molecule has 0 heterocycles. The zero-order valence-corrected chi connectivity index (χ0v) is 14.9. The van der Waals surface area contributed by atoms with E-state index in [0.717, 1.165) is 11.3 Å². The summed E-state index contributed by atoms with van der Waals surface area (Å²) >= 11 is 0. The summed E-state index contributed by atoms with van der Waals surface area (Å²) in [6.07, 6.45) is 0. The summed E-state index contributed by atoms with van der Waals surface area (Å²) in [5.41, 5.74) is 1.02. The first kappa shape index (κ1) is 18.7. The van der Waals surface area contributed by atoms with Crippen LogP contribution in [0.15, 0.2) is 42.5 Å². The Labute approximate surface area is 147 Å². The molecular weight excluding hydrogens is 323 g/mol. The van der Waals surface area contributed by atoms with Crippen molar-refractivity contribution in [3.63, 3.8) is 0 Å². The fraction of sp³-hybridized carbons (Fsp3) is 0.316. The molecule has 25 heavy (non-hydrogen) atoms. The number of rotatable bonds is 7. The van der Waals surface area contributed by atoms with Gasteiger partial charge in [-0.05, 0) is 43.9 Å². The van der Waals surface area contributed by atoms with Crippen molar-refractivity contribution >= 4 is 5.91 Å². The SMILES string of the molecule is COc1ccc([C@@H](CNC(=O)c2ccc(OC)cc2F)N(C)C)cc1. The molecule has 5 nitrogen and oxygen atoms in total. The summed E-state index contributed by atoms with van der Waals surface area (Å²) in [7, 11) is 6.91. The van der Waals surface area contributed by atoms with Crippen LogP contribution in [0.5, 0.6) is 11.5 Å². The third-order valence-electron chi connectivity index (χ3n) is 4.00. The standard InChI is InChI=1S/C19H23FN2O3/c1-22(2)18(13-5-7-14(24-3)8-6-13)12-21-19(23)16-10-9-15(25-4)11-17(16)20/h5-11,18H,12H2,1-4H3,(H,21,23)/t18-/m1/s1. The number of methoxy groups -OCH3 is 2. The predicted octanol–water partition coefficient (Wildman–Crippen LogP) is 2.88. The van der Waals surface area contributed by atoms with Gasteiger partial charge in [-0.3, -0.25) is 4.79 Å². The second-order valence-corrected chi connectivity index (χ2v) is 5.81. The van der Waals surface area contributed by atoms with Crippen LogP contribution in [0.1, 0.15) is 22.0 Å². The average Bonchev–Trinajstić information content (AvgIpc) is 2.61. The molecule has 0 saturated carbocycles. The highest BCUT2D eigenvalue weighted by Crippen LogP contribution is 2.21. The number of nitrogens with zero attached hydrogens (tertiary/aromatic N) is 1. The molecule has 0 spiro atoms. The van der Waals surface area contributed by atoms with Crippen molar-refractivity contribution in [3.8, 4) is 11.5 Å². The van der Waals surface area contributed by atoms with E-state index in [2.05, 4.69) is 5.32 Å². The van der Waals surface area contributed by atoms with Crippen molar-refractivity contribution in [2.24, 2.45) is 0 Å². The summed E-state index contributed by atoms with van der Waals surface area (Å²) in [5, 5.41) is 2.79. The van der Waals surface area contributed by atoms with Gasteiger partial charge in [0, 0.05) is 12.6 Å². The second kappa shape index (κ2) is 8.48. The van der Waals surface area contributed by atoms with E-state index >= 15 is 0 Å². The minimum absolute atomic E-state index is 0.00645. The van der Waals surface area contributed by atoms with Crippen LogP contribution in [0.4, 0.5) is 4.39 Å². The van der Waals surface area contributed by atoms with Gasteiger partial charge in [0.25, 0.3) is 5.91 Å². The molecule has 0 aliphatic carbocycles. The number of hydrogen-bond acceptors (Lipinski definition) is 4. The molecule has 0 saturated heterocycles. The molecule has 2 aromatic rings. The zero-order chi connectivity index (χ0) is 18.4. The van der Waals surface area contributed by atoms with Crippen LogP contribution in [0.3, 0.4) is 0 Å². The van der Waals surface area contributed by atoms with Gasteiger partial charge >= 0.3 is 0 Å². The Morgan fingerprint density at radius 2 is 1.68 bits per heavy atom. The number of nitrogens with one attached hydrogen (secondary N) is 1. The van der Waals surface area contributed by atoms with Crippen LogP contribution in [0.25, 0.3) is 0 Å². The van der Waals surface area contributed by atoms with E-state index in [-0.39, 0.29) is 11.6 Å². The predicted molar refractivity (Wildman–Crippen MR) is 94.7 cm³/mol. The van der Waals surface area contributed by atoms with Crippen LogP contribution in [-0.2, 0) is 0 Å². The van der Waals surface area contributed by atoms with E-state index in [1.807, 2.05) is 43.3 Å². The third kappa shape index (κ3) is 4.70. The van der Waals surface area contributed by atoms with Crippen molar-refractivity contribution < 1.29 is 18.7 Å². The van der Waals surface area contributed by atoms with Crippen LogP contribution < -0.4 is 14.8 Å². The molecule has 0 aliphatic rings. The lowest BCUT2D eigenvalue weighted by Gasteiger charge is -2.25. The van der Waals surface area contributed by atoms with Crippen LogP contribution in [-0.4, -0.2) is 45.7 Å². The van der Waals surface area contributed by atoms with Gasteiger partial charge in [0.15, 0.2) is 0 Å². The van der Waals surface area contributed by atoms with E-state index in [0.29, 0.717) is 12.3 Å². The maximum Gasteiger partial charge on any atom is 0.254 e. The molecule has 0 unspecified atom stereocenters. The average molecular weight is 346 g/mol. The van der Waals surface area contributed by atoms with Gasteiger partial charge in [-0.15, -0.1) is 0 Å². The van der Waals surface area contributed by atoms with E-state index in [9.17, 15) is 9.18 Å². The first-order valence-corrected chi connectivity index (χ1v) is 7.88. The Hall–Kier alpha value is -2.60. The number of carbonyl (C=O) groups is 1. The van der Waals surface area contributed by atoms with E-state index in [1.165, 1.54) is 19.2 Å². The number of benzene rings is 2. The van der Waals surface area contributed by atoms with Crippen molar-refractivity contribution in [1.82, 2.24) is 10.2 Å². The third-order valence-corrected chi connectivity index (χ3v) is 4.00. The highest BCUT2D eigenvalue weighted by molar-refractivity contribution is 5.94. The van der Waals surface area contributed by atoms with Gasteiger partial charge in [0.1, 0.15) is 17.3 Å². The molecule has 0 bridgehead atoms. The van der Waals surface area contributed by atoms with Gasteiger partial charge in [-0.25, -0.2) is 4.39 Å². The first-order chi connectivity index (χ1) is 12.0. The van der Waals surface area contributed by atoms with Gasteiger partial charge in [0.2, 0.25) is 0 Å². The Bertz CT molecular complexity index is 717. The topological polar surface area (TPSA) is 50.8 Å². The fourth-order valence-corrected chi connectivity index (χ4v) is 2.52. The fourth-order valence-electron chi connectivity index (χ4n) is 2.52. The molecular formula is C19H23FN2O3. The molecule has 2 rings (SSSR count). The molecule has 2 aromatic carbocycles. The normalized spacial score (nSPS) is 11.9. The molecule has 0 fully saturated rings. The number of carbonyl (C=O) groups excluding carboxylic acids is 1. The smallest absolute Gasteiger partial charge is 0.254 e. The first-order valence-electron chi connectivity index (χ1n) is 7.88. The van der Waals surface area contributed by atoms with E-state index in [1.54, 1.807) is 13.2 Å². The van der Waals surface area contributed by atoms with Crippen LogP contribution >= 0.6 is 0 Å². The summed E-state index contributed by atoms with van der Waals surface area (Å²) in [6, 6.07) is 11.8. The maximum atomic E-state index is 14.0. The van der Waals surface area contributed by atoms with E-state index < -0.39 is 11.7 Å². The highest BCUT2D eigenvalue weighted by atomic mass is 19.1. The van der Waals surface area contributed by atoms with Gasteiger partial charge in [-0.2, -0.15) is 0 Å². The summed E-state index contributed by atoms with van der Waals surface area (Å²) in [6.45, 7) is 0.351. The molecule has 0 aromatic heterocycles. The lowest BCUT2D eigenvalue weighted by Crippen LogP contribution is -2.34. The summed E-state index contributed by atoms with van der Waals surface area (Å²) < 4.78 is 24.1. The van der Waals surface area contributed by atoms with Gasteiger partial charge < -0.3 is 19.7 Å². The van der Waals surface area contributed by atoms with Crippen LogP contribution in [0, 0.1) is 5.82 Å². The highest BCUT2D eigenvalue weighted by Gasteiger charge is 2.18. The van der Waals surface area contributed by atoms with Crippen molar-refractivity contribution in [3.05, 3.63) is 59.4 Å². The largest absolute Gasteiger partial charge is 0.497 e. The number of hydrogen-bond donors (Lipinski definition) is 1. The van der Waals surface area contributed by atoms with Crippen LogP contribution in [0.2, 0.25) is 0 Å². The summed E-state index contributed by atoms with van der Waals surface area (Å²) in [5.74, 6) is 0.0762. The molecule has 6 heteroatoms. The second-order valence-electron chi connectivity index (χ2n) is 5.81. The maximum absolute atomic E-state index is 14.0. The van der Waals surface area contributed by atoms with Gasteiger partial charge in [0.05, 0.1) is 25.8 Å². The molecule has 134 valence electrons. The number of likely N-dealkylation sites (N-methyl/N-ethyl adjacent to an activating group) is 1. The molecule has 1 N–H and O–H groups in total. The quantitative estimate of drug-likeness (QED) is 0.838. The minimum atomic E-state index is -0.609. The molecule has 1 atom stereocenters. The number of halogens is 1. The molecule has 1 amide bonds. The van der Waals surface area contributed by atoms with Gasteiger partial charge in [-0.1, -0.05) is 12.1 Å². The zero-order valence-electron chi connectivity index (χ0n) is 14.9. The Balaban J connectivity index is 2.08. The number of ether oxygens (including phenoxy) is 2. The lowest BCUT2D eigenvalue weighted by molar-refractivity contribution is 0.0938.